The Hall–Kier alpha value is -0.710. The summed E-state index contributed by atoms with van der Waals surface area (Å²) < 4.78 is 14.4. The summed E-state index contributed by atoms with van der Waals surface area (Å²) in [6.45, 7) is 3.51. The Morgan fingerprint density at radius 3 is 2.78 bits per heavy atom. The monoisotopic (exact) mass is 327 g/mol. The van der Waals surface area contributed by atoms with Crippen LogP contribution in [0.1, 0.15) is 22.9 Å². The molecular weight excluding hydrogens is 313 g/mol. The summed E-state index contributed by atoms with van der Waals surface area (Å²) in [5, 5.41) is 5.40. The zero-order valence-electron chi connectivity index (χ0n) is 10.2. The number of rotatable bonds is 5. The first-order chi connectivity index (χ1) is 8.70. The Bertz CT molecular complexity index is 524. The summed E-state index contributed by atoms with van der Waals surface area (Å²) in [5.41, 5.74) is 2.08. The Morgan fingerprint density at radius 1 is 1.22 bits per heavy atom. The number of benzene rings is 1. The largest absolute Gasteiger partial charge is 0.308 e. The molecule has 0 atom stereocenters. The minimum absolute atomic E-state index is 0.168. The zero-order chi connectivity index (χ0) is 13.0. The maximum atomic E-state index is 13.6. The summed E-state index contributed by atoms with van der Waals surface area (Å²) in [6.07, 6.45) is 1.05. The fraction of sp³-hybridized carbons (Fsp3) is 0.286. The van der Waals surface area contributed by atoms with Gasteiger partial charge >= 0.3 is 0 Å². The second-order valence-electron chi connectivity index (χ2n) is 4.06. The van der Waals surface area contributed by atoms with Crippen molar-refractivity contribution in [3.8, 4) is 0 Å². The van der Waals surface area contributed by atoms with Crippen molar-refractivity contribution in [1.29, 1.82) is 0 Å². The maximum Gasteiger partial charge on any atom is 0.128 e. The summed E-state index contributed by atoms with van der Waals surface area (Å²) in [7, 11) is 0. The number of aryl methyl sites for hydroxylation is 1. The van der Waals surface area contributed by atoms with Gasteiger partial charge in [0.1, 0.15) is 5.82 Å². The van der Waals surface area contributed by atoms with Gasteiger partial charge in [0.05, 0.1) is 0 Å². The molecule has 2 rings (SSSR count). The lowest BCUT2D eigenvalue weighted by Crippen LogP contribution is -2.13. The molecule has 0 bridgehead atoms. The highest BCUT2D eigenvalue weighted by molar-refractivity contribution is 9.10. The summed E-state index contributed by atoms with van der Waals surface area (Å²) in [6, 6.07) is 7.33. The second-order valence-corrected chi connectivity index (χ2v) is 5.98. The average molecular weight is 328 g/mol. The molecule has 2 aromatic rings. The number of hydrogen-bond donors (Lipinski definition) is 1. The Kier molecular flexibility index (Phi) is 4.92. The fourth-order valence-electron chi connectivity index (χ4n) is 1.81. The minimum atomic E-state index is -0.168. The third-order valence-corrected chi connectivity index (χ3v) is 4.29. The molecule has 96 valence electrons. The Balaban J connectivity index is 1.92. The molecule has 4 heteroatoms. The normalized spacial score (nSPS) is 10.8. The standard InChI is InChI=1S/C14H15BrFNS/c1-2-10-5-6-18-14(10)9-17-8-11-3-4-12(15)7-13(11)16/h3-7,17H,2,8-9H2,1H3. The van der Waals surface area contributed by atoms with Gasteiger partial charge in [-0.15, -0.1) is 11.3 Å². The van der Waals surface area contributed by atoms with Gasteiger partial charge in [-0.3, -0.25) is 0 Å². The lowest BCUT2D eigenvalue weighted by Gasteiger charge is -2.06. The molecule has 0 aliphatic heterocycles. The van der Waals surface area contributed by atoms with Crippen LogP contribution in [0, 0.1) is 5.82 Å². The van der Waals surface area contributed by atoms with Crippen LogP contribution in [-0.2, 0) is 19.5 Å². The first kappa shape index (κ1) is 13.7. The molecule has 0 aliphatic rings. The van der Waals surface area contributed by atoms with Crippen LogP contribution in [0.5, 0.6) is 0 Å². The zero-order valence-corrected chi connectivity index (χ0v) is 12.6. The number of nitrogens with one attached hydrogen (secondary N) is 1. The van der Waals surface area contributed by atoms with Gasteiger partial charge in [0.15, 0.2) is 0 Å². The van der Waals surface area contributed by atoms with Crippen molar-refractivity contribution < 1.29 is 4.39 Å². The quantitative estimate of drug-likeness (QED) is 0.852. The molecule has 0 saturated heterocycles. The lowest BCUT2D eigenvalue weighted by molar-refractivity contribution is 0.588. The van der Waals surface area contributed by atoms with Gasteiger partial charge in [0, 0.05) is 28.0 Å². The highest BCUT2D eigenvalue weighted by atomic mass is 79.9. The van der Waals surface area contributed by atoms with Crippen molar-refractivity contribution in [1.82, 2.24) is 5.32 Å². The van der Waals surface area contributed by atoms with E-state index >= 15 is 0 Å². The first-order valence-corrected chi connectivity index (χ1v) is 7.58. The molecule has 0 saturated carbocycles. The third kappa shape index (κ3) is 3.40. The smallest absolute Gasteiger partial charge is 0.128 e. The second kappa shape index (κ2) is 6.45. The molecule has 0 radical (unpaired) electrons. The SMILES string of the molecule is CCc1ccsc1CNCc1ccc(Br)cc1F. The van der Waals surface area contributed by atoms with Gasteiger partial charge in [-0.1, -0.05) is 28.9 Å². The van der Waals surface area contributed by atoms with E-state index in [0.717, 1.165) is 17.4 Å². The van der Waals surface area contributed by atoms with Crippen molar-refractivity contribution in [3.05, 3.63) is 55.9 Å². The van der Waals surface area contributed by atoms with Gasteiger partial charge in [-0.2, -0.15) is 0 Å². The number of hydrogen-bond acceptors (Lipinski definition) is 2. The van der Waals surface area contributed by atoms with Gasteiger partial charge in [-0.25, -0.2) is 4.39 Å². The van der Waals surface area contributed by atoms with E-state index in [1.54, 1.807) is 11.3 Å². The maximum absolute atomic E-state index is 13.6. The molecule has 1 N–H and O–H groups in total. The molecule has 18 heavy (non-hydrogen) atoms. The van der Waals surface area contributed by atoms with Crippen molar-refractivity contribution in [2.45, 2.75) is 26.4 Å². The summed E-state index contributed by atoms with van der Waals surface area (Å²) in [5.74, 6) is -0.168. The van der Waals surface area contributed by atoms with Crippen molar-refractivity contribution in [2.75, 3.05) is 0 Å². The molecular formula is C14H15BrFNS. The first-order valence-electron chi connectivity index (χ1n) is 5.90. The van der Waals surface area contributed by atoms with E-state index in [1.807, 2.05) is 12.1 Å². The van der Waals surface area contributed by atoms with E-state index in [2.05, 4.69) is 39.6 Å². The van der Waals surface area contributed by atoms with Gasteiger partial charge in [0.25, 0.3) is 0 Å². The van der Waals surface area contributed by atoms with Crippen LogP contribution in [-0.4, -0.2) is 0 Å². The molecule has 0 amide bonds. The van der Waals surface area contributed by atoms with Crippen LogP contribution < -0.4 is 5.32 Å². The van der Waals surface area contributed by atoms with Gasteiger partial charge in [-0.05, 0) is 35.6 Å². The molecule has 0 spiro atoms. The summed E-state index contributed by atoms with van der Waals surface area (Å²) >= 11 is 5.01. The van der Waals surface area contributed by atoms with Gasteiger partial charge in [0.2, 0.25) is 0 Å². The van der Waals surface area contributed by atoms with Gasteiger partial charge < -0.3 is 5.32 Å². The van der Waals surface area contributed by atoms with Crippen LogP contribution in [0.3, 0.4) is 0 Å². The highest BCUT2D eigenvalue weighted by Crippen LogP contribution is 2.18. The molecule has 1 aromatic heterocycles. The molecule has 0 aliphatic carbocycles. The van der Waals surface area contributed by atoms with Crippen molar-refractivity contribution >= 4 is 27.3 Å². The molecule has 1 aromatic carbocycles. The highest BCUT2D eigenvalue weighted by Gasteiger charge is 2.04. The van der Waals surface area contributed by atoms with Crippen LogP contribution >= 0.6 is 27.3 Å². The van der Waals surface area contributed by atoms with Crippen LogP contribution in [0.2, 0.25) is 0 Å². The molecule has 1 heterocycles. The van der Waals surface area contributed by atoms with E-state index in [1.165, 1.54) is 16.5 Å². The Labute approximate surface area is 119 Å². The molecule has 0 fully saturated rings. The van der Waals surface area contributed by atoms with E-state index in [4.69, 9.17) is 0 Å². The lowest BCUT2D eigenvalue weighted by atomic mass is 10.2. The fourth-order valence-corrected chi connectivity index (χ4v) is 3.09. The number of thiophene rings is 1. The molecule has 1 nitrogen and oxygen atoms in total. The Morgan fingerprint density at radius 2 is 2.06 bits per heavy atom. The average Bonchev–Trinajstić information content (AvgIpc) is 2.79. The van der Waals surface area contributed by atoms with Crippen molar-refractivity contribution in [2.24, 2.45) is 0 Å². The van der Waals surface area contributed by atoms with Crippen molar-refractivity contribution in [3.63, 3.8) is 0 Å². The van der Waals surface area contributed by atoms with E-state index < -0.39 is 0 Å². The third-order valence-electron chi connectivity index (χ3n) is 2.83. The van der Waals surface area contributed by atoms with E-state index in [9.17, 15) is 4.39 Å². The predicted octanol–water partition coefficient (Wildman–Crippen LogP) is 4.50. The van der Waals surface area contributed by atoms with Crippen LogP contribution in [0.25, 0.3) is 0 Å². The molecule has 0 unspecified atom stereocenters. The topological polar surface area (TPSA) is 12.0 Å². The van der Waals surface area contributed by atoms with E-state index in [-0.39, 0.29) is 5.82 Å². The number of halogens is 2. The predicted molar refractivity (Wildman–Crippen MR) is 78.3 cm³/mol. The van der Waals surface area contributed by atoms with Crippen LogP contribution in [0.15, 0.2) is 34.1 Å². The summed E-state index contributed by atoms with van der Waals surface area (Å²) in [4.78, 5) is 1.34. The minimum Gasteiger partial charge on any atom is -0.308 e. The van der Waals surface area contributed by atoms with Crippen LogP contribution in [0.4, 0.5) is 4.39 Å². The van der Waals surface area contributed by atoms with E-state index in [0.29, 0.717) is 12.1 Å².